The van der Waals surface area contributed by atoms with E-state index in [9.17, 15) is 18.4 Å². The third-order valence-corrected chi connectivity index (χ3v) is 4.20. The molecule has 1 aliphatic rings. The van der Waals surface area contributed by atoms with Gasteiger partial charge in [-0.05, 0) is 31.2 Å². The number of aryl methyl sites for hydroxylation is 1. The molecule has 26 heavy (non-hydrogen) atoms. The Labute approximate surface area is 149 Å². The SMILES string of the molecule is Cc1ccc(N2CC(C(=O)Nc3ccccc3OC(F)F)CC2=O)cc1. The lowest BCUT2D eigenvalue weighted by Gasteiger charge is -2.17. The summed E-state index contributed by atoms with van der Waals surface area (Å²) in [5, 5.41) is 2.58. The van der Waals surface area contributed by atoms with Gasteiger partial charge in [0.05, 0.1) is 11.6 Å². The fraction of sp³-hybridized carbons (Fsp3) is 0.263. The summed E-state index contributed by atoms with van der Waals surface area (Å²) in [4.78, 5) is 26.3. The van der Waals surface area contributed by atoms with E-state index < -0.39 is 18.4 Å². The van der Waals surface area contributed by atoms with Gasteiger partial charge < -0.3 is 15.0 Å². The third kappa shape index (κ3) is 3.99. The van der Waals surface area contributed by atoms with Crippen LogP contribution in [0, 0.1) is 12.8 Å². The minimum absolute atomic E-state index is 0.0670. The lowest BCUT2D eigenvalue weighted by Crippen LogP contribution is -2.28. The van der Waals surface area contributed by atoms with Gasteiger partial charge in [0.15, 0.2) is 0 Å². The molecule has 1 aliphatic heterocycles. The molecule has 0 radical (unpaired) electrons. The smallest absolute Gasteiger partial charge is 0.387 e. The van der Waals surface area contributed by atoms with Crippen LogP contribution in [-0.4, -0.2) is 25.0 Å². The summed E-state index contributed by atoms with van der Waals surface area (Å²) in [6, 6.07) is 13.4. The number of carbonyl (C=O) groups excluding carboxylic acids is 2. The van der Waals surface area contributed by atoms with Crippen molar-refractivity contribution in [3.8, 4) is 5.75 Å². The van der Waals surface area contributed by atoms with Crippen LogP contribution in [0.3, 0.4) is 0 Å². The van der Waals surface area contributed by atoms with Crippen molar-refractivity contribution in [3.05, 3.63) is 54.1 Å². The molecule has 1 saturated heterocycles. The molecular weight excluding hydrogens is 342 g/mol. The average Bonchev–Trinajstić information content (AvgIpc) is 2.99. The highest BCUT2D eigenvalue weighted by molar-refractivity contribution is 6.03. The normalized spacial score (nSPS) is 16.8. The van der Waals surface area contributed by atoms with E-state index in [2.05, 4.69) is 10.1 Å². The molecule has 2 amide bonds. The van der Waals surface area contributed by atoms with Crippen LogP contribution < -0.4 is 15.0 Å². The zero-order valence-electron chi connectivity index (χ0n) is 14.1. The fourth-order valence-corrected chi connectivity index (χ4v) is 2.86. The second-order valence-corrected chi connectivity index (χ2v) is 6.10. The summed E-state index contributed by atoms with van der Waals surface area (Å²) in [5.41, 5.74) is 1.96. The van der Waals surface area contributed by atoms with Crippen LogP contribution in [0.25, 0.3) is 0 Å². The van der Waals surface area contributed by atoms with Crippen LogP contribution in [0.2, 0.25) is 0 Å². The maximum atomic E-state index is 12.5. The number of hydrogen-bond acceptors (Lipinski definition) is 3. The number of amides is 2. The van der Waals surface area contributed by atoms with Gasteiger partial charge in [-0.2, -0.15) is 8.78 Å². The molecule has 1 unspecified atom stereocenters. The Kier molecular flexibility index (Phi) is 5.16. The van der Waals surface area contributed by atoms with Gasteiger partial charge in [-0.25, -0.2) is 0 Å². The molecule has 0 bridgehead atoms. The Morgan fingerprint density at radius 2 is 1.88 bits per heavy atom. The number of rotatable bonds is 5. The van der Waals surface area contributed by atoms with E-state index in [0.717, 1.165) is 11.3 Å². The lowest BCUT2D eigenvalue weighted by molar-refractivity contribution is -0.122. The monoisotopic (exact) mass is 360 g/mol. The summed E-state index contributed by atoms with van der Waals surface area (Å²) in [5.74, 6) is -1.23. The molecule has 0 aliphatic carbocycles. The molecule has 0 saturated carbocycles. The maximum absolute atomic E-state index is 12.5. The van der Waals surface area contributed by atoms with Gasteiger partial charge in [-0.3, -0.25) is 9.59 Å². The number of para-hydroxylation sites is 2. The topological polar surface area (TPSA) is 58.6 Å². The second-order valence-electron chi connectivity index (χ2n) is 6.10. The van der Waals surface area contributed by atoms with E-state index in [-0.39, 0.29) is 30.3 Å². The first-order chi connectivity index (χ1) is 12.4. The van der Waals surface area contributed by atoms with Crippen molar-refractivity contribution >= 4 is 23.2 Å². The van der Waals surface area contributed by atoms with Crippen molar-refractivity contribution in [2.45, 2.75) is 20.0 Å². The van der Waals surface area contributed by atoms with Gasteiger partial charge in [0.1, 0.15) is 5.75 Å². The molecule has 136 valence electrons. The summed E-state index contributed by atoms with van der Waals surface area (Å²) >= 11 is 0. The minimum Gasteiger partial charge on any atom is -0.433 e. The number of benzene rings is 2. The van der Waals surface area contributed by atoms with Crippen LogP contribution in [0.1, 0.15) is 12.0 Å². The van der Waals surface area contributed by atoms with Crippen molar-refractivity contribution in [2.75, 3.05) is 16.8 Å². The number of halogens is 2. The lowest BCUT2D eigenvalue weighted by atomic mass is 10.1. The standard InChI is InChI=1S/C19H18F2N2O3/c1-12-6-8-14(9-7-12)23-11-13(10-17(23)24)18(25)22-15-4-2-3-5-16(15)26-19(20)21/h2-9,13,19H,10-11H2,1H3,(H,22,25). The van der Waals surface area contributed by atoms with Gasteiger partial charge in [0.25, 0.3) is 0 Å². The van der Waals surface area contributed by atoms with E-state index >= 15 is 0 Å². The summed E-state index contributed by atoms with van der Waals surface area (Å²) in [6.07, 6.45) is 0.0670. The molecule has 0 spiro atoms. The number of nitrogens with one attached hydrogen (secondary N) is 1. The first-order valence-electron chi connectivity index (χ1n) is 8.16. The number of carbonyl (C=O) groups is 2. The maximum Gasteiger partial charge on any atom is 0.387 e. The Hall–Kier alpha value is -2.96. The van der Waals surface area contributed by atoms with E-state index in [0.29, 0.717) is 0 Å². The number of ether oxygens (including phenoxy) is 1. The van der Waals surface area contributed by atoms with Crippen LogP contribution >= 0.6 is 0 Å². The fourth-order valence-electron chi connectivity index (χ4n) is 2.86. The van der Waals surface area contributed by atoms with E-state index in [4.69, 9.17) is 0 Å². The highest BCUT2D eigenvalue weighted by Gasteiger charge is 2.35. The van der Waals surface area contributed by atoms with Crippen molar-refractivity contribution in [2.24, 2.45) is 5.92 Å². The third-order valence-electron chi connectivity index (χ3n) is 4.20. The quantitative estimate of drug-likeness (QED) is 0.887. The first-order valence-corrected chi connectivity index (χ1v) is 8.16. The van der Waals surface area contributed by atoms with E-state index in [1.165, 1.54) is 18.2 Å². The van der Waals surface area contributed by atoms with Gasteiger partial charge in [-0.1, -0.05) is 29.8 Å². The molecule has 0 aromatic heterocycles. The van der Waals surface area contributed by atoms with Crippen molar-refractivity contribution in [3.63, 3.8) is 0 Å². The zero-order chi connectivity index (χ0) is 18.7. The summed E-state index contributed by atoms with van der Waals surface area (Å²) in [7, 11) is 0. The average molecular weight is 360 g/mol. The molecule has 1 fully saturated rings. The summed E-state index contributed by atoms with van der Waals surface area (Å²) in [6.45, 7) is -0.797. The van der Waals surface area contributed by atoms with Crippen LogP contribution in [0.15, 0.2) is 48.5 Å². The largest absolute Gasteiger partial charge is 0.433 e. The molecule has 1 atom stereocenters. The Morgan fingerprint density at radius 1 is 1.19 bits per heavy atom. The number of nitrogens with zero attached hydrogens (tertiary/aromatic N) is 1. The molecule has 2 aromatic rings. The van der Waals surface area contributed by atoms with Gasteiger partial charge in [0.2, 0.25) is 11.8 Å². The minimum atomic E-state index is -2.99. The van der Waals surface area contributed by atoms with Crippen molar-refractivity contribution in [1.82, 2.24) is 0 Å². The predicted octanol–water partition coefficient (Wildman–Crippen LogP) is 3.59. The molecule has 2 aromatic carbocycles. The van der Waals surface area contributed by atoms with Gasteiger partial charge >= 0.3 is 6.61 Å². The highest BCUT2D eigenvalue weighted by Crippen LogP contribution is 2.29. The number of alkyl halides is 2. The number of hydrogen-bond donors (Lipinski definition) is 1. The molecule has 7 heteroatoms. The Balaban J connectivity index is 1.70. The van der Waals surface area contributed by atoms with Crippen LogP contribution in [0.5, 0.6) is 5.75 Å². The van der Waals surface area contributed by atoms with Crippen LogP contribution in [-0.2, 0) is 9.59 Å². The zero-order valence-corrected chi connectivity index (χ0v) is 14.1. The predicted molar refractivity (Wildman–Crippen MR) is 93.3 cm³/mol. The molecule has 5 nitrogen and oxygen atoms in total. The van der Waals surface area contributed by atoms with Gasteiger partial charge in [-0.15, -0.1) is 0 Å². The van der Waals surface area contributed by atoms with Crippen molar-refractivity contribution < 1.29 is 23.1 Å². The van der Waals surface area contributed by atoms with E-state index in [1.54, 1.807) is 11.0 Å². The van der Waals surface area contributed by atoms with Crippen LogP contribution in [0.4, 0.5) is 20.2 Å². The van der Waals surface area contributed by atoms with Crippen molar-refractivity contribution in [1.29, 1.82) is 0 Å². The Bertz CT molecular complexity index is 809. The first kappa shape index (κ1) is 17.8. The molecule has 3 rings (SSSR count). The molecular formula is C19H18F2N2O3. The summed E-state index contributed by atoms with van der Waals surface area (Å²) < 4.78 is 29.3. The molecule has 1 N–H and O–H groups in total. The Morgan fingerprint density at radius 3 is 2.58 bits per heavy atom. The van der Waals surface area contributed by atoms with Gasteiger partial charge in [0, 0.05) is 18.7 Å². The van der Waals surface area contributed by atoms with E-state index in [1.807, 2.05) is 31.2 Å². The second kappa shape index (κ2) is 7.51. The number of anilines is 2. The molecule has 1 heterocycles. The highest BCUT2D eigenvalue weighted by atomic mass is 19.3.